The summed E-state index contributed by atoms with van der Waals surface area (Å²) in [6, 6.07) is 0. The van der Waals surface area contributed by atoms with Crippen molar-refractivity contribution in [3.8, 4) is 0 Å². The van der Waals surface area contributed by atoms with Gasteiger partial charge in [0.25, 0.3) is 0 Å². The Balaban J connectivity index is 2.19. The number of hydrogen-bond acceptors (Lipinski definition) is 2. The molecule has 0 aromatic carbocycles. The normalized spacial score (nSPS) is 42.4. The van der Waals surface area contributed by atoms with Crippen molar-refractivity contribution in [1.82, 2.24) is 4.90 Å². The van der Waals surface area contributed by atoms with Crippen LogP contribution in [0.25, 0.3) is 0 Å². The Morgan fingerprint density at radius 3 is 2.82 bits per heavy atom. The minimum Gasteiger partial charge on any atom is -0.481 e. The molecule has 2 bridgehead atoms. The van der Waals surface area contributed by atoms with Crippen LogP contribution in [-0.2, 0) is 4.79 Å². The van der Waals surface area contributed by atoms with Gasteiger partial charge >= 0.3 is 5.97 Å². The first-order valence-electron chi connectivity index (χ1n) is 4.19. The first-order valence-corrected chi connectivity index (χ1v) is 4.19. The summed E-state index contributed by atoms with van der Waals surface area (Å²) in [5.41, 5.74) is -0.363. The molecule has 0 amide bonds. The summed E-state index contributed by atoms with van der Waals surface area (Å²) >= 11 is 0. The SMILES string of the molecule is O=C(O)[C@@]12CCCN(CC1)C2. The van der Waals surface area contributed by atoms with Crippen LogP contribution in [0.1, 0.15) is 19.3 Å². The van der Waals surface area contributed by atoms with E-state index in [1.807, 2.05) is 0 Å². The third-order valence-electron chi connectivity index (χ3n) is 3.02. The fraction of sp³-hybridized carbons (Fsp3) is 0.875. The zero-order valence-corrected chi connectivity index (χ0v) is 6.55. The third-order valence-corrected chi connectivity index (χ3v) is 3.02. The molecule has 0 radical (unpaired) electrons. The number of nitrogens with zero attached hydrogens (tertiary/aromatic N) is 1. The predicted molar refractivity (Wildman–Crippen MR) is 40.4 cm³/mol. The monoisotopic (exact) mass is 155 g/mol. The number of carboxylic acids is 1. The Morgan fingerprint density at radius 1 is 1.36 bits per heavy atom. The van der Waals surface area contributed by atoms with Gasteiger partial charge < -0.3 is 10.0 Å². The summed E-state index contributed by atoms with van der Waals surface area (Å²) in [6.45, 7) is 2.89. The summed E-state index contributed by atoms with van der Waals surface area (Å²) in [5, 5.41) is 8.99. The van der Waals surface area contributed by atoms with Gasteiger partial charge in [-0.25, -0.2) is 0 Å². The van der Waals surface area contributed by atoms with Crippen molar-refractivity contribution >= 4 is 5.97 Å². The van der Waals surface area contributed by atoms with Crippen molar-refractivity contribution in [3.05, 3.63) is 0 Å². The lowest BCUT2D eigenvalue weighted by Crippen LogP contribution is -2.39. The number of aliphatic carboxylic acids is 1. The minimum absolute atomic E-state index is 0.363. The molecule has 0 saturated carbocycles. The molecule has 3 heteroatoms. The zero-order valence-electron chi connectivity index (χ0n) is 6.55. The summed E-state index contributed by atoms with van der Waals surface area (Å²) < 4.78 is 0. The average molecular weight is 155 g/mol. The smallest absolute Gasteiger partial charge is 0.310 e. The van der Waals surface area contributed by atoms with Crippen molar-refractivity contribution in [2.45, 2.75) is 19.3 Å². The quantitative estimate of drug-likeness (QED) is 0.601. The Kier molecular flexibility index (Phi) is 1.42. The van der Waals surface area contributed by atoms with Crippen molar-refractivity contribution in [1.29, 1.82) is 0 Å². The number of carboxylic acid groups (broad SMARTS) is 1. The van der Waals surface area contributed by atoms with E-state index in [-0.39, 0.29) is 5.41 Å². The molecule has 0 spiro atoms. The van der Waals surface area contributed by atoms with E-state index in [1.165, 1.54) is 0 Å². The molecule has 3 nitrogen and oxygen atoms in total. The maximum atomic E-state index is 10.9. The highest BCUT2D eigenvalue weighted by Crippen LogP contribution is 2.39. The first kappa shape index (κ1) is 7.10. The molecule has 2 saturated heterocycles. The van der Waals surface area contributed by atoms with Crippen LogP contribution < -0.4 is 0 Å². The third kappa shape index (κ3) is 0.948. The molecule has 2 aliphatic heterocycles. The van der Waals surface area contributed by atoms with Crippen LogP contribution in [-0.4, -0.2) is 35.6 Å². The van der Waals surface area contributed by atoms with Crippen LogP contribution in [0.15, 0.2) is 0 Å². The second-order valence-electron chi connectivity index (χ2n) is 3.72. The molecule has 2 rings (SSSR count). The fourth-order valence-corrected chi connectivity index (χ4v) is 2.28. The van der Waals surface area contributed by atoms with E-state index in [0.29, 0.717) is 0 Å². The van der Waals surface area contributed by atoms with Gasteiger partial charge in [0.1, 0.15) is 0 Å². The summed E-state index contributed by atoms with van der Waals surface area (Å²) in [6.07, 6.45) is 2.81. The van der Waals surface area contributed by atoms with Crippen LogP contribution >= 0.6 is 0 Å². The molecule has 1 unspecified atom stereocenters. The van der Waals surface area contributed by atoms with Crippen molar-refractivity contribution in [2.24, 2.45) is 5.41 Å². The lowest BCUT2D eigenvalue weighted by molar-refractivity contribution is -0.149. The molecule has 11 heavy (non-hydrogen) atoms. The average Bonchev–Trinajstić information content (AvgIpc) is 2.29. The molecular weight excluding hydrogens is 142 g/mol. The predicted octanol–water partition coefficient (Wildman–Crippen LogP) is 0.557. The van der Waals surface area contributed by atoms with Gasteiger partial charge in [0.2, 0.25) is 0 Å². The van der Waals surface area contributed by atoms with Gasteiger partial charge in [0.15, 0.2) is 0 Å². The Morgan fingerprint density at radius 2 is 2.18 bits per heavy atom. The number of fused-ring (bicyclic) bond motifs is 2. The van der Waals surface area contributed by atoms with Crippen molar-refractivity contribution in [2.75, 3.05) is 19.6 Å². The molecule has 2 aliphatic rings. The largest absolute Gasteiger partial charge is 0.481 e. The van der Waals surface area contributed by atoms with E-state index < -0.39 is 5.97 Å². The van der Waals surface area contributed by atoms with Gasteiger partial charge in [0, 0.05) is 6.54 Å². The highest BCUT2D eigenvalue weighted by Gasteiger charge is 2.46. The molecule has 2 atom stereocenters. The molecule has 0 aliphatic carbocycles. The van der Waals surface area contributed by atoms with E-state index in [2.05, 4.69) is 4.90 Å². The van der Waals surface area contributed by atoms with Crippen LogP contribution in [0.5, 0.6) is 0 Å². The molecule has 2 fully saturated rings. The van der Waals surface area contributed by atoms with Gasteiger partial charge in [0.05, 0.1) is 5.41 Å². The maximum absolute atomic E-state index is 10.9. The second kappa shape index (κ2) is 2.21. The van der Waals surface area contributed by atoms with E-state index in [9.17, 15) is 4.79 Å². The highest BCUT2D eigenvalue weighted by molar-refractivity contribution is 5.75. The second-order valence-corrected chi connectivity index (χ2v) is 3.72. The van der Waals surface area contributed by atoms with E-state index in [0.717, 1.165) is 38.9 Å². The standard InChI is InChI=1S/C8H13NO2/c10-7(11)8-2-1-4-9(6-8)5-3-8/h1-6H2,(H,10,11)/t8-/m0/s1. The Bertz CT molecular complexity index is 189. The summed E-state index contributed by atoms with van der Waals surface area (Å²) in [4.78, 5) is 13.2. The minimum atomic E-state index is -0.584. The van der Waals surface area contributed by atoms with E-state index in [4.69, 9.17) is 5.11 Å². The van der Waals surface area contributed by atoms with E-state index in [1.54, 1.807) is 0 Å². The molecule has 2 heterocycles. The number of hydrogen-bond donors (Lipinski definition) is 1. The summed E-state index contributed by atoms with van der Waals surface area (Å²) in [7, 11) is 0. The van der Waals surface area contributed by atoms with E-state index >= 15 is 0 Å². The highest BCUT2D eigenvalue weighted by atomic mass is 16.4. The van der Waals surface area contributed by atoms with Crippen LogP contribution in [0, 0.1) is 5.41 Å². The Hall–Kier alpha value is -0.570. The number of carbonyl (C=O) groups is 1. The molecule has 0 aromatic heterocycles. The molecule has 0 aromatic rings. The first-order chi connectivity index (χ1) is 5.23. The zero-order chi connectivity index (χ0) is 7.90. The molecule has 1 N–H and O–H groups in total. The molecular formula is C8H13NO2. The van der Waals surface area contributed by atoms with Crippen LogP contribution in [0.2, 0.25) is 0 Å². The fourth-order valence-electron chi connectivity index (χ4n) is 2.28. The topological polar surface area (TPSA) is 40.5 Å². The van der Waals surface area contributed by atoms with Crippen molar-refractivity contribution < 1.29 is 9.90 Å². The lowest BCUT2D eigenvalue weighted by Gasteiger charge is -2.29. The molecule has 62 valence electrons. The van der Waals surface area contributed by atoms with Gasteiger partial charge in [-0.2, -0.15) is 0 Å². The lowest BCUT2D eigenvalue weighted by atomic mass is 9.81. The van der Waals surface area contributed by atoms with Crippen LogP contribution in [0.4, 0.5) is 0 Å². The van der Waals surface area contributed by atoms with Gasteiger partial charge in [-0.05, 0) is 32.4 Å². The van der Waals surface area contributed by atoms with Gasteiger partial charge in [-0.3, -0.25) is 4.79 Å². The number of piperidine rings is 1. The van der Waals surface area contributed by atoms with Crippen molar-refractivity contribution in [3.63, 3.8) is 0 Å². The van der Waals surface area contributed by atoms with Gasteiger partial charge in [-0.15, -0.1) is 0 Å². The van der Waals surface area contributed by atoms with Crippen LogP contribution in [0.3, 0.4) is 0 Å². The maximum Gasteiger partial charge on any atom is 0.310 e. The van der Waals surface area contributed by atoms with Gasteiger partial charge in [-0.1, -0.05) is 0 Å². The summed E-state index contributed by atoms with van der Waals surface area (Å²) in [5.74, 6) is -0.584. The number of rotatable bonds is 1. The Labute approximate surface area is 66.0 Å².